The van der Waals surface area contributed by atoms with Crippen LogP contribution >= 0.6 is 0 Å². The van der Waals surface area contributed by atoms with Gasteiger partial charge in [-0.2, -0.15) is 0 Å². The van der Waals surface area contributed by atoms with Gasteiger partial charge in [-0.3, -0.25) is 14.4 Å². The molecule has 0 saturated carbocycles. The third-order valence-corrected chi connectivity index (χ3v) is 1.84. The Bertz CT molecular complexity index is 233. The van der Waals surface area contributed by atoms with E-state index in [2.05, 4.69) is 9.47 Å². The van der Waals surface area contributed by atoms with Gasteiger partial charge in [-0.05, 0) is 13.3 Å². The van der Waals surface area contributed by atoms with Gasteiger partial charge in [-0.15, -0.1) is 0 Å². The zero-order valence-corrected chi connectivity index (χ0v) is 8.53. The normalized spacial score (nSPS) is 11.6. The molecule has 0 heterocycles. The summed E-state index contributed by atoms with van der Waals surface area (Å²) in [6.45, 7) is 1.29. The highest BCUT2D eigenvalue weighted by Gasteiger charge is 2.24. The fourth-order valence-corrected chi connectivity index (χ4v) is 0.994. The van der Waals surface area contributed by atoms with Gasteiger partial charge >= 0.3 is 11.9 Å². The molecule has 0 spiro atoms. The van der Waals surface area contributed by atoms with E-state index in [0.29, 0.717) is 0 Å². The van der Waals surface area contributed by atoms with Crippen LogP contribution in [0.2, 0.25) is 0 Å². The number of ketones is 1. The van der Waals surface area contributed by atoms with Crippen molar-refractivity contribution in [1.29, 1.82) is 0 Å². The lowest BCUT2D eigenvalue weighted by molar-refractivity contribution is -0.149. The molecule has 0 N–H and O–H groups in total. The fourth-order valence-electron chi connectivity index (χ4n) is 0.994. The van der Waals surface area contributed by atoms with Gasteiger partial charge in [0, 0.05) is 6.42 Å². The summed E-state index contributed by atoms with van der Waals surface area (Å²) in [6, 6.07) is 0. The Hall–Kier alpha value is -1.39. The second-order valence-corrected chi connectivity index (χ2v) is 2.80. The predicted octanol–water partition coefficient (Wildman–Crippen LogP) is 0.318. The highest BCUT2D eigenvalue weighted by atomic mass is 16.5. The molecule has 0 aliphatic rings. The van der Waals surface area contributed by atoms with Crippen LogP contribution in [0.1, 0.15) is 19.8 Å². The molecule has 80 valence electrons. The third-order valence-electron chi connectivity index (χ3n) is 1.84. The number of hydrogen-bond acceptors (Lipinski definition) is 5. The lowest BCUT2D eigenvalue weighted by Gasteiger charge is -2.09. The number of esters is 2. The van der Waals surface area contributed by atoms with E-state index in [0.717, 1.165) is 0 Å². The van der Waals surface area contributed by atoms with Gasteiger partial charge in [0.2, 0.25) is 0 Å². The Morgan fingerprint density at radius 1 is 1.14 bits per heavy atom. The van der Waals surface area contributed by atoms with Gasteiger partial charge in [-0.25, -0.2) is 0 Å². The van der Waals surface area contributed by atoms with E-state index in [1.807, 2.05) is 0 Å². The molecule has 5 nitrogen and oxygen atoms in total. The van der Waals surface area contributed by atoms with Crippen molar-refractivity contribution in [2.45, 2.75) is 19.8 Å². The first kappa shape index (κ1) is 12.6. The van der Waals surface area contributed by atoms with E-state index in [4.69, 9.17) is 0 Å². The summed E-state index contributed by atoms with van der Waals surface area (Å²) in [5, 5.41) is 0. The monoisotopic (exact) mass is 202 g/mol. The topological polar surface area (TPSA) is 69.7 Å². The van der Waals surface area contributed by atoms with Crippen molar-refractivity contribution in [3.05, 3.63) is 0 Å². The molecule has 0 fully saturated rings. The summed E-state index contributed by atoms with van der Waals surface area (Å²) in [6.07, 6.45) is 0.171. The molecule has 0 aromatic rings. The minimum absolute atomic E-state index is 0.0375. The molecule has 1 unspecified atom stereocenters. The highest BCUT2D eigenvalue weighted by Crippen LogP contribution is 2.10. The van der Waals surface area contributed by atoms with Crippen molar-refractivity contribution in [2.75, 3.05) is 14.2 Å². The molecule has 0 aromatic carbocycles. The van der Waals surface area contributed by atoms with E-state index in [-0.39, 0.29) is 18.6 Å². The molecule has 0 aromatic heterocycles. The van der Waals surface area contributed by atoms with Crippen LogP contribution in [0.4, 0.5) is 0 Å². The average molecular weight is 202 g/mol. The van der Waals surface area contributed by atoms with Gasteiger partial charge in [0.05, 0.1) is 14.2 Å². The maximum absolute atomic E-state index is 11.1. The van der Waals surface area contributed by atoms with Gasteiger partial charge in [0.1, 0.15) is 11.7 Å². The Labute approximate surface area is 82.4 Å². The van der Waals surface area contributed by atoms with Crippen LogP contribution in [0.25, 0.3) is 0 Å². The van der Waals surface area contributed by atoms with E-state index in [1.165, 1.54) is 21.1 Å². The quantitative estimate of drug-likeness (QED) is 0.474. The molecule has 0 amide bonds. The lowest BCUT2D eigenvalue weighted by Crippen LogP contribution is -2.24. The maximum Gasteiger partial charge on any atom is 0.316 e. The molecule has 0 bridgehead atoms. The summed E-state index contributed by atoms with van der Waals surface area (Å²) in [7, 11) is 2.46. The molecule has 0 radical (unpaired) electrons. The van der Waals surface area contributed by atoms with E-state index in [9.17, 15) is 14.4 Å². The van der Waals surface area contributed by atoms with Crippen molar-refractivity contribution >= 4 is 17.7 Å². The number of carbonyl (C=O) groups is 3. The zero-order valence-electron chi connectivity index (χ0n) is 8.53. The number of rotatable bonds is 5. The molecule has 14 heavy (non-hydrogen) atoms. The van der Waals surface area contributed by atoms with E-state index >= 15 is 0 Å². The van der Waals surface area contributed by atoms with Crippen LogP contribution in [0.3, 0.4) is 0 Å². The number of hydrogen-bond donors (Lipinski definition) is 0. The van der Waals surface area contributed by atoms with Crippen molar-refractivity contribution < 1.29 is 23.9 Å². The average Bonchev–Trinajstić information content (AvgIpc) is 2.16. The molecule has 0 aliphatic carbocycles. The Morgan fingerprint density at radius 2 is 1.71 bits per heavy atom. The first-order valence-corrected chi connectivity index (χ1v) is 4.18. The van der Waals surface area contributed by atoms with Crippen LogP contribution in [0, 0.1) is 5.92 Å². The minimum atomic E-state index is -0.862. The molecule has 0 aliphatic heterocycles. The minimum Gasteiger partial charge on any atom is -0.469 e. The molecular weight excluding hydrogens is 188 g/mol. The van der Waals surface area contributed by atoms with Crippen molar-refractivity contribution in [3.63, 3.8) is 0 Å². The number of carbonyl (C=O) groups excluding carboxylic acids is 3. The fraction of sp³-hybridized carbons (Fsp3) is 0.667. The van der Waals surface area contributed by atoms with Gasteiger partial charge in [-0.1, -0.05) is 0 Å². The summed E-state index contributed by atoms with van der Waals surface area (Å²) in [5.41, 5.74) is 0. The highest BCUT2D eigenvalue weighted by molar-refractivity contribution is 5.97. The van der Waals surface area contributed by atoms with Crippen LogP contribution in [0.15, 0.2) is 0 Å². The predicted molar refractivity (Wildman–Crippen MR) is 47.4 cm³/mol. The standard InChI is InChI=1S/C9H14O5/c1-6(10)7(9(12)14-3)4-5-8(11)13-2/h7H,4-5H2,1-3H3. The molecule has 5 heteroatoms. The smallest absolute Gasteiger partial charge is 0.316 e. The summed E-state index contributed by atoms with van der Waals surface area (Å²) in [4.78, 5) is 32.8. The van der Waals surface area contributed by atoms with E-state index < -0.39 is 17.9 Å². The SMILES string of the molecule is COC(=O)CCC(C(C)=O)C(=O)OC. The van der Waals surface area contributed by atoms with Gasteiger partial charge < -0.3 is 9.47 Å². The van der Waals surface area contributed by atoms with Crippen LogP contribution in [-0.4, -0.2) is 31.9 Å². The van der Waals surface area contributed by atoms with Gasteiger partial charge in [0.25, 0.3) is 0 Å². The largest absolute Gasteiger partial charge is 0.469 e. The van der Waals surface area contributed by atoms with Crippen LogP contribution < -0.4 is 0 Å². The number of methoxy groups -OCH3 is 2. The first-order valence-electron chi connectivity index (χ1n) is 4.18. The second kappa shape index (κ2) is 6.12. The maximum atomic E-state index is 11.1. The molecular formula is C9H14O5. The van der Waals surface area contributed by atoms with Crippen molar-refractivity contribution in [1.82, 2.24) is 0 Å². The third kappa shape index (κ3) is 4.02. The molecule has 0 rings (SSSR count). The number of Topliss-reactive ketones (excluding diaryl/α,β-unsaturated/α-hetero) is 1. The van der Waals surface area contributed by atoms with Crippen LogP contribution in [0.5, 0.6) is 0 Å². The van der Waals surface area contributed by atoms with Crippen molar-refractivity contribution in [2.24, 2.45) is 5.92 Å². The van der Waals surface area contributed by atoms with E-state index in [1.54, 1.807) is 0 Å². The number of ether oxygens (including phenoxy) is 2. The second-order valence-electron chi connectivity index (χ2n) is 2.80. The Kier molecular flexibility index (Phi) is 5.52. The summed E-state index contributed by atoms with van der Waals surface area (Å²) in [5.74, 6) is -2.22. The molecule has 0 saturated heterocycles. The van der Waals surface area contributed by atoms with Crippen LogP contribution in [-0.2, 0) is 23.9 Å². The summed E-state index contributed by atoms with van der Waals surface area (Å²) >= 11 is 0. The Morgan fingerprint density at radius 3 is 2.07 bits per heavy atom. The van der Waals surface area contributed by atoms with Gasteiger partial charge in [0.15, 0.2) is 0 Å². The Balaban J connectivity index is 4.18. The van der Waals surface area contributed by atoms with Crippen molar-refractivity contribution in [3.8, 4) is 0 Å². The molecule has 1 atom stereocenters. The lowest BCUT2D eigenvalue weighted by atomic mass is 9.99. The summed E-state index contributed by atoms with van der Waals surface area (Å²) < 4.78 is 8.82. The zero-order chi connectivity index (χ0) is 11.1. The first-order chi connectivity index (χ1) is 6.52.